The van der Waals surface area contributed by atoms with Gasteiger partial charge in [0.1, 0.15) is 0 Å². The lowest BCUT2D eigenvalue weighted by Crippen LogP contribution is -2.02. The molecule has 0 aromatic heterocycles. The van der Waals surface area contributed by atoms with Crippen molar-refractivity contribution in [3.05, 3.63) is 83.4 Å². The Morgan fingerprint density at radius 1 is 1.00 bits per heavy atom. The summed E-state index contributed by atoms with van der Waals surface area (Å²) in [5.74, 6) is -0.0169. The summed E-state index contributed by atoms with van der Waals surface area (Å²) in [5, 5.41) is 0. The van der Waals surface area contributed by atoms with Crippen LogP contribution in [-0.4, -0.2) is 5.78 Å². The van der Waals surface area contributed by atoms with Crippen molar-refractivity contribution in [3.63, 3.8) is 0 Å². The van der Waals surface area contributed by atoms with Gasteiger partial charge in [-0.1, -0.05) is 66.7 Å². The van der Waals surface area contributed by atoms with Gasteiger partial charge in [-0.05, 0) is 36.6 Å². The minimum absolute atomic E-state index is 0.0169. The standard InChI is InChI=1S/C19H18O/c1-14(2)19(20)18(17-7-5-4-6-8-17)13-16-11-9-15(3)10-12-16/h4-13H,1H2,2-3H3/b18-13-. The molecule has 20 heavy (non-hydrogen) atoms. The van der Waals surface area contributed by atoms with Crippen LogP contribution in [0.3, 0.4) is 0 Å². The summed E-state index contributed by atoms with van der Waals surface area (Å²) in [7, 11) is 0. The van der Waals surface area contributed by atoms with Gasteiger partial charge in [0.25, 0.3) is 0 Å². The number of benzene rings is 2. The van der Waals surface area contributed by atoms with Gasteiger partial charge in [0.2, 0.25) is 0 Å². The Morgan fingerprint density at radius 2 is 1.60 bits per heavy atom. The molecule has 0 aliphatic rings. The van der Waals surface area contributed by atoms with Gasteiger partial charge in [0.05, 0.1) is 0 Å². The molecule has 0 saturated heterocycles. The number of aryl methyl sites for hydroxylation is 1. The average Bonchev–Trinajstić information content (AvgIpc) is 2.47. The summed E-state index contributed by atoms with van der Waals surface area (Å²) in [6, 6.07) is 17.8. The molecular weight excluding hydrogens is 244 g/mol. The molecule has 0 bridgehead atoms. The summed E-state index contributed by atoms with van der Waals surface area (Å²) in [6.07, 6.45) is 1.92. The van der Waals surface area contributed by atoms with Gasteiger partial charge >= 0.3 is 0 Å². The quantitative estimate of drug-likeness (QED) is 0.577. The van der Waals surface area contributed by atoms with Gasteiger partial charge in [-0.3, -0.25) is 4.79 Å². The highest BCUT2D eigenvalue weighted by Gasteiger charge is 2.12. The van der Waals surface area contributed by atoms with Gasteiger partial charge in [-0.15, -0.1) is 0 Å². The van der Waals surface area contributed by atoms with Gasteiger partial charge in [0.15, 0.2) is 5.78 Å². The predicted molar refractivity (Wildman–Crippen MR) is 85.3 cm³/mol. The van der Waals surface area contributed by atoms with Crippen molar-refractivity contribution in [1.29, 1.82) is 0 Å². The zero-order chi connectivity index (χ0) is 14.5. The van der Waals surface area contributed by atoms with E-state index in [-0.39, 0.29) is 5.78 Å². The Balaban J connectivity index is 2.49. The fourth-order valence-corrected chi connectivity index (χ4v) is 1.96. The lowest BCUT2D eigenvalue weighted by Gasteiger charge is -2.07. The molecule has 0 aliphatic carbocycles. The molecule has 0 radical (unpaired) electrons. The first-order chi connectivity index (χ1) is 9.58. The number of Topliss-reactive ketones (excluding diaryl/α,β-unsaturated/α-hetero) is 1. The number of carbonyl (C=O) groups excluding carboxylic acids is 1. The third-order valence-corrected chi connectivity index (χ3v) is 3.11. The topological polar surface area (TPSA) is 17.1 Å². The smallest absolute Gasteiger partial charge is 0.188 e. The highest BCUT2D eigenvalue weighted by Crippen LogP contribution is 2.22. The van der Waals surface area contributed by atoms with Crippen LogP contribution in [0.15, 0.2) is 66.7 Å². The number of hydrogen-bond donors (Lipinski definition) is 0. The molecule has 0 fully saturated rings. The molecule has 0 unspecified atom stereocenters. The third-order valence-electron chi connectivity index (χ3n) is 3.11. The van der Waals surface area contributed by atoms with Crippen LogP contribution in [0.5, 0.6) is 0 Å². The Bertz CT molecular complexity index is 646. The van der Waals surface area contributed by atoms with Crippen LogP contribution in [0.2, 0.25) is 0 Å². The number of ketones is 1. The Labute approximate surface area is 120 Å². The SMILES string of the molecule is C=C(C)C(=O)/C(=C\c1ccc(C)cc1)c1ccccc1. The van der Waals surface area contributed by atoms with E-state index in [4.69, 9.17) is 0 Å². The van der Waals surface area contributed by atoms with Crippen LogP contribution in [0.1, 0.15) is 23.6 Å². The number of carbonyl (C=O) groups is 1. The maximum atomic E-state index is 12.3. The monoisotopic (exact) mass is 262 g/mol. The average molecular weight is 262 g/mol. The van der Waals surface area contributed by atoms with Crippen molar-refractivity contribution in [2.75, 3.05) is 0 Å². The molecule has 0 heterocycles. The highest BCUT2D eigenvalue weighted by atomic mass is 16.1. The first kappa shape index (κ1) is 14.0. The molecule has 1 nitrogen and oxygen atoms in total. The van der Waals surface area contributed by atoms with Crippen LogP contribution in [0.4, 0.5) is 0 Å². The fraction of sp³-hybridized carbons (Fsp3) is 0.105. The Morgan fingerprint density at radius 3 is 2.15 bits per heavy atom. The van der Waals surface area contributed by atoms with Crippen molar-refractivity contribution in [2.45, 2.75) is 13.8 Å². The molecule has 2 aromatic rings. The first-order valence-corrected chi connectivity index (χ1v) is 6.62. The highest BCUT2D eigenvalue weighted by molar-refractivity contribution is 6.31. The van der Waals surface area contributed by atoms with E-state index in [2.05, 4.69) is 6.58 Å². The van der Waals surface area contributed by atoms with Crippen LogP contribution >= 0.6 is 0 Å². The minimum Gasteiger partial charge on any atom is -0.289 e. The van der Waals surface area contributed by atoms with Crippen molar-refractivity contribution in [3.8, 4) is 0 Å². The molecule has 0 aliphatic heterocycles. The predicted octanol–water partition coefficient (Wildman–Crippen LogP) is 4.68. The van der Waals surface area contributed by atoms with E-state index in [0.717, 1.165) is 11.1 Å². The maximum absolute atomic E-state index is 12.3. The molecule has 2 rings (SSSR count). The zero-order valence-electron chi connectivity index (χ0n) is 11.9. The number of rotatable bonds is 4. The van der Waals surface area contributed by atoms with Crippen LogP contribution in [-0.2, 0) is 4.79 Å². The summed E-state index contributed by atoms with van der Waals surface area (Å²) < 4.78 is 0. The summed E-state index contributed by atoms with van der Waals surface area (Å²) in [5.41, 5.74) is 4.37. The normalized spacial score (nSPS) is 11.2. The van der Waals surface area contributed by atoms with Crippen molar-refractivity contribution >= 4 is 17.4 Å². The molecule has 1 heteroatoms. The molecule has 2 aromatic carbocycles. The second-order valence-corrected chi connectivity index (χ2v) is 4.94. The van der Waals surface area contributed by atoms with Crippen LogP contribution in [0, 0.1) is 6.92 Å². The second kappa shape index (κ2) is 6.16. The molecule has 0 saturated carbocycles. The van der Waals surface area contributed by atoms with Crippen molar-refractivity contribution < 1.29 is 4.79 Å². The lowest BCUT2D eigenvalue weighted by atomic mass is 9.96. The van der Waals surface area contributed by atoms with E-state index in [0.29, 0.717) is 11.1 Å². The van der Waals surface area contributed by atoms with Crippen LogP contribution in [0.25, 0.3) is 11.6 Å². The maximum Gasteiger partial charge on any atom is 0.188 e. The van der Waals surface area contributed by atoms with E-state index in [1.807, 2.05) is 67.6 Å². The van der Waals surface area contributed by atoms with Crippen molar-refractivity contribution in [2.24, 2.45) is 0 Å². The van der Waals surface area contributed by atoms with Gasteiger partial charge < -0.3 is 0 Å². The van der Waals surface area contributed by atoms with E-state index in [1.165, 1.54) is 5.56 Å². The molecule has 0 amide bonds. The van der Waals surface area contributed by atoms with Crippen molar-refractivity contribution in [1.82, 2.24) is 0 Å². The third kappa shape index (κ3) is 3.33. The molecule has 0 N–H and O–H groups in total. The molecule has 0 spiro atoms. The summed E-state index contributed by atoms with van der Waals surface area (Å²) in [6.45, 7) is 7.56. The fourth-order valence-electron chi connectivity index (χ4n) is 1.96. The Hall–Kier alpha value is -2.41. The molecular formula is C19H18O. The summed E-state index contributed by atoms with van der Waals surface area (Å²) in [4.78, 5) is 12.3. The minimum atomic E-state index is -0.0169. The lowest BCUT2D eigenvalue weighted by molar-refractivity contribution is -0.110. The molecule has 100 valence electrons. The zero-order valence-corrected chi connectivity index (χ0v) is 11.9. The number of allylic oxidation sites excluding steroid dienone is 2. The van der Waals surface area contributed by atoms with Crippen LogP contribution < -0.4 is 0 Å². The van der Waals surface area contributed by atoms with Gasteiger partial charge in [-0.2, -0.15) is 0 Å². The Kier molecular flexibility index (Phi) is 4.31. The van der Waals surface area contributed by atoms with E-state index < -0.39 is 0 Å². The van der Waals surface area contributed by atoms with E-state index in [1.54, 1.807) is 6.92 Å². The first-order valence-electron chi connectivity index (χ1n) is 6.62. The van der Waals surface area contributed by atoms with Gasteiger partial charge in [0, 0.05) is 5.57 Å². The largest absolute Gasteiger partial charge is 0.289 e. The number of hydrogen-bond acceptors (Lipinski definition) is 1. The van der Waals surface area contributed by atoms with E-state index in [9.17, 15) is 4.79 Å². The van der Waals surface area contributed by atoms with E-state index >= 15 is 0 Å². The molecule has 0 atom stereocenters. The summed E-state index contributed by atoms with van der Waals surface area (Å²) >= 11 is 0. The second-order valence-electron chi connectivity index (χ2n) is 4.94. The van der Waals surface area contributed by atoms with Gasteiger partial charge in [-0.25, -0.2) is 0 Å².